The predicted molar refractivity (Wildman–Crippen MR) is 42.9 cm³/mol. The van der Waals surface area contributed by atoms with Crippen molar-refractivity contribution in [2.24, 2.45) is 0 Å². The number of benzene rings is 1. The zero-order valence-electron chi connectivity index (χ0n) is 5.91. The molecule has 0 amide bonds. The second-order valence-electron chi connectivity index (χ2n) is 2.41. The summed E-state index contributed by atoms with van der Waals surface area (Å²) in [5.41, 5.74) is 1.90. The van der Waals surface area contributed by atoms with E-state index >= 15 is 0 Å². The molecule has 0 atom stereocenters. The van der Waals surface area contributed by atoms with Gasteiger partial charge in [0.2, 0.25) is 6.23 Å². The molecule has 1 aliphatic rings. The number of rotatable bonds is 0. The Kier molecular flexibility index (Phi) is 1.40. The van der Waals surface area contributed by atoms with Crippen molar-refractivity contribution in [3.63, 3.8) is 0 Å². The number of aliphatic hydroxyl groups is 1. The smallest absolute Gasteiger partial charge is 0.216 e. The molecule has 11 heavy (non-hydrogen) atoms. The van der Waals surface area contributed by atoms with E-state index in [0.717, 1.165) is 11.1 Å². The molecule has 1 aromatic carbocycles. The van der Waals surface area contributed by atoms with Crippen LogP contribution in [0.1, 0.15) is 11.1 Å². The van der Waals surface area contributed by atoms with Crippen molar-refractivity contribution in [3.8, 4) is 0 Å². The summed E-state index contributed by atoms with van der Waals surface area (Å²) in [6.07, 6.45) is 3.87. The zero-order chi connectivity index (χ0) is 7.68. The number of hydrogen-bond acceptors (Lipinski definition) is 2. The molecule has 0 saturated carbocycles. The third-order valence-corrected chi connectivity index (χ3v) is 1.70. The minimum Gasteiger partial charge on any atom is -0.363 e. The Morgan fingerprint density at radius 1 is 1.18 bits per heavy atom. The summed E-state index contributed by atoms with van der Waals surface area (Å²) in [7, 11) is 0. The summed E-state index contributed by atoms with van der Waals surface area (Å²) >= 11 is 0. The van der Waals surface area contributed by atoms with Gasteiger partial charge < -0.3 is 10.4 Å². The molecule has 1 aliphatic heterocycles. The van der Waals surface area contributed by atoms with Gasteiger partial charge in [0.15, 0.2) is 0 Å². The molecule has 1 heterocycles. The molecule has 55 valence electrons. The van der Waals surface area contributed by atoms with Crippen LogP contribution >= 0.6 is 0 Å². The Morgan fingerprint density at radius 3 is 2.82 bits per heavy atom. The summed E-state index contributed by atoms with van der Waals surface area (Å²) in [6.45, 7) is 0. The minimum absolute atomic E-state index is 0.225. The normalized spacial score (nSPS) is 15.7. The minimum atomic E-state index is 0.225. The van der Waals surface area contributed by atoms with E-state index in [1.807, 2.05) is 30.3 Å². The highest BCUT2D eigenvalue weighted by molar-refractivity contribution is 5.59. The Bertz CT molecular complexity index is 293. The lowest BCUT2D eigenvalue weighted by Gasteiger charge is -2.15. The molecule has 0 bridgehead atoms. The van der Waals surface area contributed by atoms with Crippen LogP contribution in [-0.4, -0.2) is 5.11 Å². The van der Waals surface area contributed by atoms with Gasteiger partial charge >= 0.3 is 0 Å². The topological polar surface area (TPSA) is 32.3 Å². The van der Waals surface area contributed by atoms with Gasteiger partial charge in [0.1, 0.15) is 0 Å². The number of nitrogens with one attached hydrogen (secondary N) is 1. The van der Waals surface area contributed by atoms with E-state index in [2.05, 4.69) is 5.32 Å². The largest absolute Gasteiger partial charge is 0.363 e. The van der Waals surface area contributed by atoms with Crippen LogP contribution in [0.3, 0.4) is 0 Å². The fourth-order valence-corrected chi connectivity index (χ4v) is 1.15. The van der Waals surface area contributed by atoms with Gasteiger partial charge in [-0.2, -0.15) is 0 Å². The maximum Gasteiger partial charge on any atom is 0.216 e. The van der Waals surface area contributed by atoms with E-state index in [0.29, 0.717) is 0 Å². The van der Waals surface area contributed by atoms with Gasteiger partial charge in [0, 0.05) is 5.56 Å². The number of hydrogen-bond donors (Lipinski definition) is 2. The number of aliphatic hydroxyl groups excluding tert-OH is 1. The van der Waals surface area contributed by atoms with Crippen LogP contribution in [0.5, 0.6) is 0 Å². The maximum absolute atomic E-state index is 9.32. The fraction of sp³-hybridized carbons (Fsp3) is 0. The van der Waals surface area contributed by atoms with E-state index in [1.54, 1.807) is 6.20 Å². The monoisotopic (exact) mass is 146 g/mol. The Morgan fingerprint density at radius 2 is 2.00 bits per heavy atom. The molecule has 0 aliphatic carbocycles. The molecule has 2 nitrogen and oxygen atoms in total. The van der Waals surface area contributed by atoms with E-state index in [1.165, 1.54) is 0 Å². The van der Waals surface area contributed by atoms with Crippen LogP contribution in [0.15, 0.2) is 30.5 Å². The van der Waals surface area contributed by atoms with Crippen molar-refractivity contribution in [2.75, 3.05) is 0 Å². The highest BCUT2D eigenvalue weighted by Crippen LogP contribution is 2.19. The van der Waals surface area contributed by atoms with Crippen LogP contribution in [0.2, 0.25) is 0 Å². The van der Waals surface area contributed by atoms with Gasteiger partial charge in [-0.1, -0.05) is 24.3 Å². The van der Waals surface area contributed by atoms with Crippen LogP contribution in [0, 0.1) is 6.23 Å². The van der Waals surface area contributed by atoms with Gasteiger partial charge in [0.25, 0.3) is 0 Å². The van der Waals surface area contributed by atoms with Crippen LogP contribution in [0.25, 0.3) is 6.08 Å². The summed E-state index contributed by atoms with van der Waals surface area (Å²) in [5.74, 6) is 0. The molecule has 2 heteroatoms. The molecule has 1 aromatic rings. The van der Waals surface area contributed by atoms with Gasteiger partial charge in [-0.15, -0.1) is 0 Å². The van der Waals surface area contributed by atoms with Crippen molar-refractivity contribution in [1.82, 2.24) is 5.32 Å². The van der Waals surface area contributed by atoms with Gasteiger partial charge in [-0.05, 0) is 17.8 Å². The third kappa shape index (κ3) is 1.01. The Labute approximate surface area is 65.2 Å². The first-order valence-electron chi connectivity index (χ1n) is 3.46. The second-order valence-corrected chi connectivity index (χ2v) is 2.41. The third-order valence-electron chi connectivity index (χ3n) is 1.70. The van der Waals surface area contributed by atoms with Crippen molar-refractivity contribution in [2.45, 2.75) is 0 Å². The lowest BCUT2D eigenvalue weighted by molar-refractivity contribution is 0.303. The molecule has 0 aromatic heterocycles. The Hall–Kier alpha value is -1.28. The zero-order valence-corrected chi connectivity index (χ0v) is 5.91. The predicted octanol–water partition coefficient (Wildman–Crippen LogP) is 1.47. The summed E-state index contributed by atoms with van der Waals surface area (Å²) in [6, 6.07) is 7.68. The molecule has 2 N–H and O–H groups in total. The first-order valence-corrected chi connectivity index (χ1v) is 3.46. The summed E-state index contributed by atoms with van der Waals surface area (Å²) in [4.78, 5) is 0. The van der Waals surface area contributed by atoms with E-state index < -0.39 is 0 Å². The average molecular weight is 146 g/mol. The van der Waals surface area contributed by atoms with E-state index in [-0.39, 0.29) is 6.23 Å². The standard InChI is InChI=1S/C9H8NO/c11-9-8-4-2-1-3-7(8)5-6-10-9/h1-6,10-11H. The molecule has 2 rings (SSSR count). The molecule has 0 spiro atoms. The number of fused-ring (bicyclic) bond motifs is 1. The van der Waals surface area contributed by atoms with Crippen molar-refractivity contribution < 1.29 is 5.11 Å². The molecule has 0 unspecified atom stereocenters. The second kappa shape index (κ2) is 2.40. The molecule has 1 radical (unpaired) electrons. The first kappa shape index (κ1) is 6.43. The SMILES string of the molecule is O[C]1NC=Cc2ccccc21. The van der Waals surface area contributed by atoms with Gasteiger partial charge in [-0.25, -0.2) is 0 Å². The lowest BCUT2D eigenvalue weighted by Crippen LogP contribution is -2.19. The maximum atomic E-state index is 9.32. The fourth-order valence-electron chi connectivity index (χ4n) is 1.15. The highest BCUT2D eigenvalue weighted by atomic mass is 16.3. The molecular weight excluding hydrogens is 138 g/mol. The van der Waals surface area contributed by atoms with Gasteiger partial charge in [0.05, 0.1) is 0 Å². The molecule has 0 saturated heterocycles. The van der Waals surface area contributed by atoms with Crippen molar-refractivity contribution >= 4 is 6.08 Å². The van der Waals surface area contributed by atoms with Crippen LogP contribution in [0.4, 0.5) is 0 Å². The highest BCUT2D eigenvalue weighted by Gasteiger charge is 2.12. The summed E-state index contributed by atoms with van der Waals surface area (Å²) in [5, 5.41) is 12.0. The first-order chi connectivity index (χ1) is 5.38. The quantitative estimate of drug-likeness (QED) is 0.581. The van der Waals surface area contributed by atoms with Gasteiger partial charge in [-0.3, -0.25) is 0 Å². The van der Waals surface area contributed by atoms with E-state index in [4.69, 9.17) is 0 Å². The molecule has 0 fully saturated rings. The summed E-state index contributed by atoms with van der Waals surface area (Å²) < 4.78 is 0. The molecular formula is C9H8NO. The average Bonchev–Trinajstić information content (AvgIpc) is 2.06. The van der Waals surface area contributed by atoms with Crippen LogP contribution < -0.4 is 5.32 Å². The van der Waals surface area contributed by atoms with Crippen LogP contribution in [-0.2, 0) is 0 Å². The van der Waals surface area contributed by atoms with Crippen molar-refractivity contribution in [1.29, 1.82) is 0 Å². The lowest BCUT2D eigenvalue weighted by atomic mass is 10.0. The van der Waals surface area contributed by atoms with E-state index in [9.17, 15) is 5.11 Å². The Balaban J connectivity index is 2.54. The van der Waals surface area contributed by atoms with Crippen molar-refractivity contribution in [3.05, 3.63) is 47.8 Å².